The van der Waals surface area contributed by atoms with Crippen molar-refractivity contribution in [2.45, 2.75) is 59.1 Å². The van der Waals surface area contributed by atoms with Gasteiger partial charge in [0.1, 0.15) is 5.82 Å². The zero-order chi connectivity index (χ0) is 14.0. The first-order valence-corrected chi connectivity index (χ1v) is 7.33. The van der Waals surface area contributed by atoms with Gasteiger partial charge in [0, 0.05) is 24.3 Å². The number of pyridine rings is 1. The molecule has 106 valence electrons. The smallest absolute Gasteiger partial charge is 0.134 e. The number of aliphatic hydroxyl groups is 1. The molecule has 1 aliphatic rings. The minimum absolute atomic E-state index is 0.0713. The molecule has 0 spiro atoms. The first-order chi connectivity index (χ1) is 9.02. The van der Waals surface area contributed by atoms with Gasteiger partial charge in [0.2, 0.25) is 0 Å². The second kappa shape index (κ2) is 5.91. The Balaban J connectivity index is 2.25. The van der Waals surface area contributed by atoms with Gasteiger partial charge >= 0.3 is 0 Å². The molecule has 1 fully saturated rings. The summed E-state index contributed by atoms with van der Waals surface area (Å²) in [6, 6.07) is 2.61. The summed E-state index contributed by atoms with van der Waals surface area (Å²) in [7, 11) is 2.13. The molecule has 0 aromatic carbocycles. The van der Waals surface area contributed by atoms with Crippen molar-refractivity contribution in [1.82, 2.24) is 4.98 Å². The number of aryl methyl sites for hydroxylation is 2. The first kappa shape index (κ1) is 14.3. The zero-order valence-electron chi connectivity index (χ0n) is 12.6. The third-order valence-electron chi connectivity index (χ3n) is 4.48. The molecule has 1 N–H and O–H groups in total. The molecule has 1 heterocycles. The fourth-order valence-electron chi connectivity index (χ4n) is 3.13. The van der Waals surface area contributed by atoms with E-state index in [1.165, 1.54) is 25.7 Å². The van der Waals surface area contributed by atoms with Gasteiger partial charge in [-0.25, -0.2) is 4.98 Å². The molecule has 0 saturated heterocycles. The van der Waals surface area contributed by atoms with E-state index in [1.54, 1.807) is 0 Å². The molecule has 2 rings (SSSR count). The van der Waals surface area contributed by atoms with Gasteiger partial charge in [0.15, 0.2) is 0 Å². The van der Waals surface area contributed by atoms with Crippen molar-refractivity contribution in [2.75, 3.05) is 11.9 Å². The molecular weight excluding hydrogens is 236 g/mol. The maximum atomic E-state index is 9.61. The van der Waals surface area contributed by atoms with E-state index in [0.717, 1.165) is 28.6 Å². The Labute approximate surface area is 116 Å². The van der Waals surface area contributed by atoms with Gasteiger partial charge in [-0.2, -0.15) is 0 Å². The standard InChI is InChI=1S/C16H26N2O/c1-11-5-7-14(8-6-11)18(4)16-15(10-19)12(2)9-13(3)17-16/h9,11,14,19H,5-8,10H2,1-4H3. The lowest BCUT2D eigenvalue weighted by molar-refractivity contribution is 0.279. The van der Waals surface area contributed by atoms with Crippen molar-refractivity contribution in [1.29, 1.82) is 0 Å². The van der Waals surface area contributed by atoms with Gasteiger partial charge in [0.05, 0.1) is 6.61 Å². The van der Waals surface area contributed by atoms with E-state index in [1.807, 2.05) is 13.0 Å². The van der Waals surface area contributed by atoms with Crippen LogP contribution in [0.25, 0.3) is 0 Å². The van der Waals surface area contributed by atoms with Crippen molar-refractivity contribution >= 4 is 5.82 Å². The molecule has 0 atom stereocenters. The normalized spacial score (nSPS) is 23.4. The Bertz CT molecular complexity index is 437. The van der Waals surface area contributed by atoms with E-state index in [-0.39, 0.29) is 6.61 Å². The number of aromatic nitrogens is 1. The second-order valence-corrected chi connectivity index (χ2v) is 6.07. The van der Waals surface area contributed by atoms with Crippen LogP contribution in [0.2, 0.25) is 0 Å². The Kier molecular flexibility index (Phi) is 4.46. The van der Waals surface area contributed by atoms with Crippen LogP contribution in [-0.2, 0) is 6.61 Å². The molecule has 0 amide bonds. The van der Waals surface area contributed by atoms with Crippen LogP contribution in [0.4, 0.5) is 5.82 Å². The van der Waals surface area contributed by atoms with Gasteiger partial charge < -0.3 is 10.0 Å². The number of nitrogens with zero attached hydrogens (tertiary/aromatic N) is 2. The summed E-state index contributed by atoms with van der Waals surface area (Å²) in [5.74, 6) is 1.83. The Morgan fingerprint density at radius 2 is 1.89 bits per heavy atom. The largest absolute Gasteiger partial charge is 0.392 e. The van der Waals surface area contributed by atoms with Gasteiger partial charge in [-0.15, -0.1) is 0 Å². The van der Waals surface area contributed by atoms with Crippen LogP contribution in [0.15, 0.2) is 6.07 Å². The quantitative estimate of drug-likeness (QED) is 0.908. The van der Waals surface area contributed by atoms with Gasteiger partial charge in [-0.3, -0.25) is 0 Å². The fraction of sp³-hybridized carbons (Fsp3) is 0.688. The van der Waals surface area contributed by atoms with Crippen LogP contribution >= 0.6 is 0 Å². The first-order valence-electron chi connectivity index (χ1n) is 7.33. The highest BCUT2D eigenvalue weighted by atomic mass is 16.3. The number of rotatable bonds is 3. The van der Waals surface area contributed by atoms with E-state index in [4.69, 9.17) is 0 Å². The van der Waals surface area contributed by atoms with Crippen LogP contribution < -0.4 is 4.90 Å². The lowest BCUT2D eigenvalue weighted by Crippen LogP contribution is -2.36. The minimum Gasteiger partial charge on any atom is -0.392 e. The maximum Gasteiger partial charge on any atom is 0.134 e. The predicted molar refractivity (Wildman–Crippen MR) is 79.5 cm³/mol. The molecule has 3 heteroatoms. The predicted octanol–water partition coefficient (Wildman–Crippen LogP) is 3.21. The molecule has 1 aliphatic carbocycles. The molecule has 19 heavy (non-hydrogen) atoms. The summed E-state index contributed by atoms with van der Waals surface area (Å²) in [6.45, 7) is 6.49. The summed E-state index contributed by atoms with van der Waals surface area (Å²) >= 11 is 0. The minimum atomic E-state index is 0.0713. The number of aliphatic hydroxyl groups excluding tert-OH is 1. The second-order valence-electron chi connectivity index (χ2n) is 6.07. The third-order valence-corrected chi connectivity index (χ3v) is 4.48. The summed E-state index contributed by atoms with van der Waals surface area (Å²) in [4.78, 5) is 6.95. The maximum absolute atomic E-state index is 9.61. The van der Waals surface area contributed by atoms with E-state index in [0.29, 0.717) is 6.04 Å². The summed E-state index contributed by atoms with van der Waals surface area (Å²) in [5.41, 5.74) is 3.15. The fourth-order valence-corrected chi connectivity index (χ4v) is 3.13. The zero-order valence-corrected chi connectivity index (χ0v) is 12.6. The lowest BCUT2D eigenvalue weighted by Gasteiger charge is -2.35. The summed E-state index contributed by atoms with van der Waals surface area (Å²) < 4.78 is 0. The average Bonchev–Trinajstić information content (AvgIpc) is 2.38. The van der Waals surface area contributed by atoms with Crippen LogP contribution in [0.3, 0.4) is 0 Å². The van der Waals surface area contributed by atoms with Gasteiger partial charge in [0.25, 0.3) is 0 Å². The van der Waals surface area contributed by atoms with Gasteiger partial charge in [-0.05, 0) is 57.1 Å². The molecule has 0 bridgehead atoms. The Morgan fingerprint density at radius 1 is 1.26 bits per heavy atom. The summed E-state index contributed by atoms with van der Waals surface area (Å²) in [5, 5.41) is 9.61. The molecule has 1 saturated carbocycles. The highest BCUT2D eigenvalue weighted by molar-refractivity contribution is 5.51. The van der Waals surface area contributed by atoms with Crippen LogP contribution in [0, 0.1) is 19.8 Å². The van der Waals surface area contributed by atoms with E-state index >= 15 is 0 Å². The molecule has 1 aromatic rings. The van der Waals surface area contributed by atoms with Crippen molar-refractivity contribution in [2.24, 2.45) is 5.92 Å². The van der Waals surface area contributed by atoms with E-state index in [9.17, 15) is 5.11 Å². The molecule has 0 unspecified atom stereocenters. The molecule has 0 radical (unpaired) electrons. The Morgan fingerprint density at radius 3 is 2.47 bits per heavy atom. The topological polar surface area (TPSA) is 36.4 Å². The number of anilines is 1. The molecule has 0 aliphatic heterocycles. The van der Waals surface area contributed by atoms with Crippen molar-refractivity contribution < 1.29 is 5.11 Å². The van der Waals surface area contributed by atoms with Crippen LogP contribution in [-0.4, -0.2) is 23.2 Å². The van der Waals surface area contributed by atoms with Gasteiger partial charge in [-0.1, -0.05) is 6.92 Å². The highest BCUT2D eigenvalue weighted by Crippen LogP contribution is 2.31. The lowest BCUT2D eigenvalue weighted by atomic mass is 9.86. The number of hydrogen-bond acceptors (Lipinski definition) is 3. The highest BCUT2D eigenvalue weighted by Gasteiger charge is 2.24. The van der Waals surface area contributed by atoms with Crippen molar-refractivity contribution in [3.63, 3.8) is 0 Å². The average molecular weight is 262 g/mol. The van der Waals surface area contributed by atoms with Crippen LogP contribution in [0.5, 0.6) is 0 Å². The van der Waals surface area contributed by atoms with Crippen molar-refractivity contribution in [3.8, 4) is 0 Å². The molecule has 3 nitrogen and oxygen atoms in total. The van der Waals surface area contributed by atoms with Crippen molar-refractivity contribution in [3.05, 3.63) is 22.9 Å². The molecule has 1 aromatic heterocycles. The Hall–Kier alpha value is -1.09. The van der Waals surface area contributed by atoms with E-state index in [2.05, 4.69) is 30.8 Å². The SMILES string of the molecule is Cc1cc(C)c(CO)c(N(C)C2CCC(C)CC2)n1. The number of hydrogen-bond donors (Lipinski definition) is 1. The van der Waals surface area contributed by atoms with Crippen LogP contribution in [0.1, 0.15) is 49.4 Å². The third kappa shape index (κ3) is 3.08. The van der Waals surface area contributed by atoms with E-state index < -0.39 is 0 Å². The molecular formula is C16H26N2O. The summed E-state index contributed by atoms with van der Waals surface area (Å²) in [6.07, 6.45) is 5.07. The monoisotopic (exact) mass is 262 g/mol.